The molecule has 2 N–H and O–H groups in total. The lowest BCUT2D eigenvalue weighted by Gasteiger charge is -2.28. The number of rotatable bonds is 13. The zero-order valence-electron chi connectivity index (χ0n) is 23.3. The summed E-state index contributed by atoms with van der Waals surface area (Å²) >= 11 is 0. The van der Waals surface area contributed by atoms with E-state index < -0.39 is 11.3 Å². The van der Waals surface area contributed by atoms with Crippen LogP contribution in [0.1, 0.15) is 53.7 Å². The van der Waals surface area contributed by atoms with Gasteiger partial charge in [-0.1, -0.05) is 54.6 Å². The van der Waals surface area contributed by atoms with Crippen LogP contribution in [-0.4, -0.2) is 72.8 Å². The third-order valence-electron chi connectivity index (χ3n) is 6.48. The normalized spacial score (nSPS) is 12.0. The molecule has 1 atom stereocenters. The van der Waals surface area contributed by atoms with E-state index >= 15 is 0 Å². The molecule has 0 fully saturated rings. The molecule has 3 rings (SSSR count). The van der Waals surface area contributed by atoms with Crippen LogP contribution in [0.3, 0.4) is 0 Å². The van der Waals surface area contributed by atoms with E-state index in [-0.39, 0.29) is 35.9 Å². The van der Waals surface area contributed by atoms with Gasteiger partial charge in [0.15, 0.2) is 5.69 Å². The molecule has 0 bridgehead atoms. The van der Waals surface area contributed by atoms with Crippen LogP contribution < -0.4 is 5.32 Å². The van der Waals surface area contributed by atoms with Crippen molar-refractivity contribution in [1.82, 2.24) is 20.4 Å². The van der Waals surface area contributed by atoms with Crippen LogP contribution in [0.5, 0.6) is 0 Å². The Balaban J connectivity index is 1.77. The first-order valence-corrected chi connectivity index (χ1v) is 13.1. The van der Waals surface area contributed by atoms with Gasteiger partial charge in [0.1, 0.15) is 5.69 Å². The predicted molar refractivity (Wildman–Crippen MR) is 149 cm³/mol. The Morgan fingerprint density at radius 3 is 2.36 bits per heavy atom. The molecule has 2 amide bonds. The van der Waals surface area contributed by atoms with E-state index in [2.05, 4.69) is 27.6 Å². The van der Waals surface area contributed by atoms with Crippen LogP contribution in [0.4, 0.5) is 0 Å². The summed E-state index contributed by atoms with van der Waals surface area (Å²) in [7, 11) is 3.21. The summed E-state index contributed by atoms with van der Waals surface area (Å²) in [6.07, 6.45) is 0.862. The van der Waals surface area contributed by atoms with E-state index in [1.807, 2.05) is 56.3 Å². The van der Waals surface area contributed by atoms with E-state index in [4.69, 9.17) is 9.47 Å². The Bertz CT molecular complexity index is 1240. The number of nitrogens with zero attached hydrogens (tertiary/aromatic N) is 2. The second-order valence-corrected chi connectivity index (χ2v) is 10.1. The third-order valence-corrected chi connectivity index (χ3v) is 6.48. The van der Waals surface area contributed by atoms with Crippen LogP contribution in [0.2, 0.25) is 0 Å². The van der Waals surface area contributed by atoms with Crippen LogP contribution in [0.25, 0.3) is 11.1 Å². The van der Waals surface area contributed by atoms with Gasteiger partial charge in [0.2, 0.25) is 0 Å². The number of amides is 2. The summed E-state index contributed by atoms with van der Waals surface area (Å²) < 4.78 is 10.3. The molecule has 0 aliphatic carbocycles. The fourth-order valence-corrected chi connectivity index (χ4v) is 4.28. The fourth-order valence-electron chi connectivity index (χ4n) is 4.28. The highest BCUT2D eigenvalue weighted by Gasteiger charge is 2.33. The number of aromatic nitrogens is 2. The molecule has 39 heavy (non-hydrogen) atoms. The van der Waals surface area contributed by atoms with Crippen molar-refractivity contribution in [1.29, 1.82) is 0 Å². The topological polar surface area (TPSA) is 114 Å². The first-order chi connectivity index (χ1) is 18.6. The molecular formula is C30H38N4O5. The fraction of sp³-hybridized carbons (Fsp3) is 0.400. The molecule has 0 aliphatic heterocycles. The van der Waals surface area contributed by atoms with Crippen LogP contribution in [0.15, 0.2) is 60.7 Å². The van der Waals surface area contributed by atoms with Gasteiger partial charge in [0, 0.05) is 32.8 Å². The molecule has 0 spiro atoms. The van der Waals surface area contributed by atoms with Crippen LogP contribution in [-0.2, 0) is 20.7 Å². The maximum atomic E-state index is 13.2. The number of H-pyrrole nitrogens is 1. The summed E-state index contributed by atoms with van der Waals surface area (Å²) in [5, 5.41) is 9.73. The number of esters is 1. The molecule has 0 saturated carbocycles. The Labute approximate surface area is 229 Å². The minimum absolute atomic E-state index is 0.138. The summed E-state index contributed by atoms with van der Waals surface area (Å²) in [5.41, 5.74) is 2.71. The molecule has 1 heterocycles. The zero-order valence-corrected chi connectivity index (χ0v) is 23.3. The van der Waals surface area contributed by atoms with Gasteiger partial charge in [-0.25, -0.2) is 0 Å². The van der Waals surface area contributed by atoms with Crippen molar-refractivity contribution in [2.45, 2.75) is 39.7 Å². The number of likely N-dealkylation sites (N-methyl/N-ethyl adjacent to an activating group) is 1. The molecule has 2 aromatic carbocycles. The first-order valence-electron chi connectivity index (χ1n) is 13.1. The van der Waals surface area contributed by atoms with Crippen molar-refractivity contribution in [2.75, 3.05) is 33.9 Å². The Hall–Kier alpha value is -3.98. The predicted octanol–water partition coefficient (Wildman–Crippen LogP) is 4.12. The quantitative estimate of drug-likeness (QED) is 0.319. The molecular weight excluding hydrogens is 496 g/mol. The minimum atomic E-state index is -0.822. The molecule has 9 heteroatoms. The number of aromatic amines is 1. The van der Waals surface area contributed by atoms with E-state index in [0.717, 1.165) is 16.7 Å². The molecule has 0 saturated heterocycles. The second-order valence-electron chi connectivity index (χ2n) is 10.1. The van der Waals surface area contributed by atoms with Gasteiger partial charge in [-0.05, 0) is 50.3 Å². The Morgan fingerprint density at radius 1 is 1.05 bits per heavy atom. The van der Waals surface area contributed by atoms with Crippen molar-refractivity contribution in [2.24, 2.45) is 5.41 Å². The number of benzene rings is 2. The van der Waals surface area contributed by atoms with Gasteiger partial charge in [-0.2, -0.15) is 5.10 Å². The molecule has 0 aliphatic rings. The highest BCUT2D eigenvalue weighted by molar-refractivity contribution is 5.97. The lowest BCUT2D eigenvalue weighted by molar-refractivity contribution is -0.154. The van der Waals surface area contributed by atoms with Gasteiger partial charge >= 0.3 is 5.97 Å². The molecule has 9 nitrogen and oxygen atoms in total. The van der Waals surface area contributed by atoms with E-state index in [9.17, 15) is 14.4 Å². The summed E-state index contributed by atoms with van der Waals surface area (Å²) in [6.45, 7) is 6.47. The second kappa shape index (κ2) is 13.7. The van der Waals surface area contributed by atoms with Gasteiger partial charge in [-0.15, -0.1) is 0 Å². The largest absolute Gasteiger partial charge is 0.466 e. The summed E-state index contributed by atoms with van der Waals surface area (Å²) in [4.78, 5) is 39.9. The molecule has 208 valence electrons. The zero-order chi connectivity index (χ0) is 28.4. The van der Waals surface area contributed by atoms with E-state index in [1.54, 1.807) is 21.1 Å². The van der Waals surface area contributed by atoms with Crippen molar-refractivity contribution in [3.8, 4) is 11.1 Å². The summed E-state index contributed by atoms with van der Waals surface area (Å²) in [6, 6.07) is 19.3. The maximum absolute atomic E-state index is 13.2. The highest BCUT2D eigenvalue weighted by atomic mass is 16.5. The van der Waals surface area contributed by atoms with Gasteiger partial charge < -0.3 is 19.7 Å². The summed E-state index contributed by atoms with van der Waals surface area (Å²) in [5.74, 6) is -1.05. The van der Waals surface area contributed by atoms with Crippen molar-refractivity contribution >= 4 is 17.8 Å². The van der Waals surface area contributed by atoms with Crippen molar-refractivity contribution in [3.05, 3.63) is 77.6 Å². The molecule has 0 radical (unpaired) electrons. The maximum Gasteiger partial charge on any atom is 0.311 e. The van der Waals surface area contributed by atoms with Gasteiger partial charge in [0.05, 0.1) is 18.6 Å². The number of nitrogens with one attached hydrogen (secondary N) is 2. The average Bonchev–Trinajstić information content (AvgIpc) is 3.43. The standard InChI is InChI=1S/C30H38N4O5/c1-6-39-29(37)30(2,3)20-24(18-21-12-14-23(15-13-21)22-10-8-7-9-11-22)31-27(35)25-19-26(33-32-25)28(36)34(4)16-17-38-5/h7-15,19,24H,6,16-18,20H2,1-5H3,(H,31,35)(H,32,33)/t24-/m1/s1. The van der Waals surface area contributed by atoms with Crippen molar-refractivity contribution < 1.29 is 23.9 Å². The monoisotopic (exact) mass is 534 g/mol. The number of hydrogen-bond donors (Lipinski definition) is 2. The third kappa shape index (κ3) is 8.25. The van der Waals surface area contributed by atoms with Gasteiger partial charge in [0.25, 0.3) is 11.8 Å². The van der Waals surface area contributed by atoms with E-state index in [1.165, 1.54) is 11.0 Å². The number of hydrogen-bond acceptors (Lipinski definition) is 6. The average molecular weight is 535 g/mol. The SMILES string of the molecule is CCOC(=O)C(C)(C)C[C@@H](Cc1ccc(-c2ccccc2)cc1)NC(=O)c1cc(C(=O)N(C)CCOC)n[nH]1. The minimum Gasteiger partial charge on any atom is -0.466 e. The lowest BCUT2D eigenvalue weighted by atomic mass is 9.83. The van der Waals surface area contributed by atoms with E-state index in [0.29, 0.717) is 26.0 Å². The Kier molecular flexibility index (Phi) is 10.4. The molecule has 0 unspecified atom stereocenters. The van der Waals surface area contributed by atoms with Crippen LogP contribution >= 0.6 is 0 Å². The van der Waals surface area contributed by atoms with Crippen molar-refractivity contribution in [3.63, 3.8) is 0 Å². The Morgan fingerprint density at radius 2 is 1.72 bits per heavy atom. The number of carbonyl (C=O) groups excluding carboxylic acids is 3. The molecule has 1 aromatic heterocycles. The first kappa shape index (κ1) is 29.6. The number of methoxy groups -OCH3 is 1. The smallest absolute Gasteiger partial charge is 0.311 e. The molecule has 3 aromatic rings. The number of carbonyl (C=O) groups is 3. The number of ether oxygens (including phenoxy) is 2. The van der Waals surface area contributed by atoms with Crippen LogP contribution in [0, 0.1) is 5.41 Å². The highest BCUT2D eigenvalue weighted by Crippen LogP contribution is 2.27. The van der Waals surface area contributed by atoms with Gasteiger partial charge in [-0.3, -0.25) is 19.5 Å². The lowest BCUT2D eigenvalue weighted by Crippen LogP contribution is -2.42.